The fourth-order valence-electron chi connectivity index (χ4n) is 0.621. The van der Waals surface area contributed by atoms with E-state index in [9.17, 15) is 4.79 Å². The summed E-state index contributed by atoms with van der Waals surface area (Å²) in [6, 6.07) is 0. The summed E-state index contributed by atoms with van der Waals surface area (Å²) in [7, 11) is 3.92. The van der Waals surface area contributed by atoms with Crippen molar-refractivity contribution in [3.05, 3.63) is 0 Å². The first-order chi connectivity index (χ1) is 5.34. The van der Waals surface area contributed by atoms with E-state index in [2.05, 4.69) is 5.32 Å². The van der Waals surface area contributed by atoms with Crippen LogP contribution in [0.1, 0.15) is 13.8 Å². The van der Waals surface area contributed by atoms with Gasteiger partial charge in [-0.05, 0) is 27.9 Å². The summed E-state index contributed by atoms with van der Waals surface area (Å²) in [5.74, 6) is -0.107. The lowest BCUT2D eigenvalue weighted by atomic mass is 10.1. The van der Waals surface area contributed by atoms with Crippen LogP contribution >= 0.6 is 0 Å². The van der Waals surface area contributed by atoms with E-state index in [-0.39, 0.29) is 5.91 Å². The van der Waals surface area contributed by atoms with Crippen molar-refractivity contribution in [2.24, 2.45) is 5.73 Å². The molecule has 1 amide bonds. The fraction of sp³-hybridized carbons (Fsp3) is 0.875. The van der Waals surface area contributed by atoms with E-state index in [4.69, 9.17) is 5.73 Å². The third-order valence-electron chi connectivity index (χ3n) is 1.43. The van der Waals surface area contributed by atoms with Crippen LogP contribution in [-0.4, -0.2) is 43.5 Å². The topological polar surface area (TPSA) is 58.4 Å². The molecule has 0 rings (SSSR count). The Hall–Kier alpha value is -0.610. The molecule has 72 valence electrons. The van der Waals surface area contributed by atoms with Crippen LogP contribution in [0.5, 0.6) is 0 Å². The molecule has 0 aromatic carbocycles. The van der Waals surface area contributed by atoms with Crippen LogP contribution in [0.3, 0.4) is 0 Å². The first kappa shape index (κ1) is 11.4. The van der Waals surface area contributed by atoms with Crippen LogP contribution in [0.2, 0.25) is 0 Å². The predicted octanol–water partition coefficient (Wildman–Crippen LogP) is -0.598. The summed E-state index contributed by atoms with van der Waals surface area (Å²) in [5, 5.41) is 2.75. The van der Waals surface area contributed by atoms with E-state index in [1.54, 1.807) is 13.8 Å². The van der Waals surface area contributed by atoms with Gasteiger partial charge >= 0.3 is 0 Å². The fourth-order valence-corrected chi connectivity index (χ4v) is 0.621. The number of likely N-dealkylation sites (N-methyl/N-ethyl adjacent to an activating group) is 1. The molecule has 0 aliphatic carbocycles. The first-order valence-corrected chi connectivity index (χ1v) is 4.06. The second kappa shape index (κ2) is 4.42. The van der Waals surface area contributed by atoms with Crippen molar-refractivity contribution in [1.82, 2.24) is 10.2 Å². The van der Waals surface area contributed by atoms with Crippen LogP contribution in [0.15, 0.2) is 0 Å². The van der Waals surface area contributed by atoms with Crippen LogP contribution in [0.25, 0.3) is 0 Å². The molecule has 12 heavy (non-hydrogen) atoms. The number of nitrogens with one attached hydrogen (secondary N) is 1. The number of rotatable bonds is 4. The molecule has 0 aromatic rings. The number of nitrogens with two attached hydrogens (primary N) is 1. The highest BCUT2D eigenvalue weighted by Gasteiger charge is 2.20. The first-order valence-electron chi connectivity index (χ1n) is 4.06. The summed E-state index contributed by atoms with van der Waals surface area (Å²) >= 11 is 0. The van der Waals surface area contributed by atoms with Crippen LogP contribution in [0.4, 0.5) is 0 Å². The minimum atomic E-state index is -0.772. The van der Waals surface area contributed by atoms with Crippen molar-refractivity contribution in [3.63, 3.8) is 0 Å². The lowest BCUT2D eigenvalue weighted by molar-refractivity contribution is -0.125. The van der Waals surface area contributed by atoms with E-state index in [0.717, 1.165) is 6.54 Å². The Balaban J connectivity index is 3.59. The van der Waals surface area contributed by atoms with Crippen molar-refractivity contribution < 1.29 is 4.79 Å². The van der Waals surface area contributed by atoms with Gasteiger partial charge in [-0.2, -0.15) is 0 Å². The summed E-state index contributed by atoms with van der Waals surface area (Å²) < 4.78 is 0. The molecule has 0 atom stereocenters. The van der Waals surface area contributed by atoms with Gasteiger partial charge in [0.1, 0.15) is 0 Å². The monoisotopic (exact) mass is 173 g/mol. The second-order valence-electron chi connectivity index (χ2n) is 3.78. The zero-order valence-corrected chi connectivity index (χ0v) is 8.35. The maximum Gasteiger partial charge on any atom is 0.239 e. The van der Waals surface area contributed by atoms with Gasteiger partial charge in [0.15, 0.2) is 0 Å². The van der Waals surface area contributed by atoms with Crippen molar-refractivity contribution in [2.75, 3.05) is 27.2 Å². The third kappa shape index (κ3) is 5.09. The Morgan fingerprint density at radius 1 is 1.50 bits per heavy atom. The summed E-state index contributed by atoms with van der Waals surface area (Å²) in [4.78, 5) is 13.2. The molecule has 0 aliphatic heterocycles. The van der Waals surface area contributed by atoms with Crippen molar-refractivity contribution in [3.8, 4) is 0 Å². The Bertz CT molecular complexity index is 149. The average molecular weight is 173 g/mol. The molecular formula is C8H19N3O. The molecule has 4 heteroatoms. The van der Waals surface area contributed by atoms with E-state index in [0.29, 0.717) is 6.54 Å². The minimum Gasteiger partial charge on any atom is -0.353 e. The predicted molar refractivity (Wildman–Crippen MR) is 49.8 cm³/mol. The maximum atomic E-state index is 11.2. The van der Waals surface area contributed by atoms with Gasteiger partial charge in [0.05, 0.1) is 5.54 Å². The number of amides is 1. The number of carbonyl (C=O) groups excluding carboxylic acids is 1. The van der Waals surface area contributed by atoms with Crippen LogP contribution in [0, 0.1) is 0 Å². The van der Waals surface area contributed by atoms with Crippen LogP contribution in [-0.2, 0) is 4.79 Å². The Kier molecular flexibility index (Phi) is 4.20. The molecule has 0 unspecified atom stereocenters. The van der Waals surface area contributed by atoms with Crippen molar-refractivity contribution in [1.29, 1.82) is 0 Å². The molecule has 3 N–H and O–H groups in total. The minimum absolute atomic E-state index is 0.107. The molecule has 0 fully saturated rings. The standard InChI is InChI=1S/C8H19N3O/c1-8(2,9)7(12)10-5-6-11(3)4/h5-6,9H2,1-4H3,(H,10,12). The SMILES string of the molecule is CN(C)CCNC(=O)C(C)(C)N. The molecule has 0 spiro atoms. The van der Waals surface area contributed by atoms with Gasteiger partial charge < -0.3 is 16.0 Å². The van der Waals surface area contributed by atoms with E-state index < -0.39 is 5.54 Å². The molecule has 0 aromatic heterocycles. The molecule has 0 saturated heterocycles. The molecule has 0 saturated carbocycles. The van der Waals surface area contributed by atoms with Gasteiger partial charge in [-0.1, -0.05) is 0 Å². The van der Waals surface area contributed by atoms with Crippen molar-refractivity contribution >= 4 is 5.91 Å². The summed E-state index contributed by atoms with van der Waals surface area (Å²) in [5.41, 5.74) is 4.80. The largest absolute Gasteiger partial charge is 0.353 e. The zero-order chi connectivity index (χ0) is 9.78. The van der Waals surface area contributed by atoms with E-state index in [1.165, 1.54) is 0 Å². The molecule has 0 heterocycles. The number of hydrogen-bond acceptors (Lipinski definition) is 3. The molecule has 0 bridgehead atoms. The molecule has 4 nitrogen and oxygen atoms in total. The maximum absolute atomic E-state index is 11.2. The second-order valence-corrected chi connectivity index (χ2v) is 3.78. The van der Waals surface area contributed by atoms with Gasteiger partial charge in [0.2, 0.25) is 5.91 Å². The summed E-state index contributed by atoms with van der Waals surface area (Å²) in [6.07, 6.45) is 0. The Labute approximate surface area is 74.1 Å². The zero-order valence-electron chi connectivity index (χ0n) is 8.35. The number of carbonyl (C=O) groups is 1. The normalized spacial score (nSPS) is 11.8. The third-order valence-corrected chi connectivity index (χ3v) is 1.43. The van der Waals surface area contributed by atoms with E-state index in [1.807, 2.05) is 19.0 Å². The molecular weight excluding hydrogens is 154 g/mol. The van der Waals surface area contributed by atoms with Gasteiger partial charge in [0.25, 0.3) is 0 Å². The average Bonchev–Trinajstić information content (AvgIpc) is 1.84. The number of nitrogens with zero attached hydrogens (tertiary/aromatic N) is 1. The van der Waals surface area contributed by atoms with Gasteiger partial charge in [0, 0.05) is 13.1 Å². The smallest absolute Gasteiger partial charge is 0.239 e. The van der Waals surface area contributed by atoms with Gasteiger partial charge in [-0.3, -0.25) is 4.79 Å². The Morgan fingerprint density at radius 3 is 2.33 bits per heavy atom. The highest BCUT2D eigenvalue weighted by molar-refractivity contribution is 5.84. The number of hydrogen-bond donors (Lipinski definition) is 2. The lowest BCUT2D eigenvalue weighted by Gasteiger charge is -2.18. The highest BCUT2D eigenvalue weighted by Crippen LogP contribution is 1.94. The van der Waals surface area contributed by atoms with E-state index >= 15 is 0 Å². The van der Waals surface area contributed by atoms with Crippen molar-refractivity contribution in [2.45, 2.75) is 19.4 Å². The quantitative estimate of drug-likeness (QED) is 0.597. The summed E-state index contributed by atoms with van der Waals surface area (Å²) in [6.45, 7) is 4.87. The highest BCUT2D eigenvalue weighted by atomic mass is 16.2. The Morgan fingerprint density at radius 2 is 2.00 bits per heavy atom. The van der Waals surface area contributed by atoms with Gasteiger partial charge in [-0.15, -0.1) is 0 Å². The molecule has 0 aliphatic rings. The molecule has 0 radical (unpaired) electrons. The van der Waals surface area contributed by atoms with Gasteiger partial charge in [-0.25, -0.2) is 0 Å². The lowest BCUT2D eigenvalue weighted by Crippen LogP contribution is -2.50. The van der Waals surface area contributed by atoms with Crippen LogP contribution < -0.4 is 11.1 Å².